The predicted molar refractivity (Wildman–Crippen MR) is 121 cm³/mol. The van der Waals surface area contributed by atoms with Gasteiger partial charge in [0, 0.05) is 0 Å². The monoisotopic (exact) mass is 383 g/mol. The summed E-state index contributed by atoms with van der Waals surface area (Å²) in [6.45, 7) is 6.06. The third-order valence-electron chi connectivity index (χ3n) is 5.30. The van der Waals surface area contributed by atoms with Gasteiger partial charge in [0.05, 0.1) is 11.6 Å². The summed E-state index contributed by atoms with van der Waals surface area (Å²) in [5, 5.41) is 3.80. The fourth-order valence-corrected chi connectivity index (χ4v) is 3.88. The van der Waals surface area contributed by atoms with Crippen molar-refractivity contribution in [1.29, 1.82) is 0 Å². The Bertz CT molecular complexity index is 833. The molecule has 0 saturated heterocycles. The molecule has 0 fully saturated rings. The van der Waals surface area contributed by atoms with Crippen molar-refractivity contribution in [3.05, 3.63) is 120 Å². The van der Waals surface area contributed by atoms with Gasteiger partial charge in [0.15, 0.2) is 5.78 Å². The molecule has 2 nitrogen and oxygen atoms in total. The van der Waals surface area contributed by atoms with Gasteiger partial charge in [-0.25, -0.2) is 0 Å². The maximum absolute atomic E-state index is 13.0. The van der Waals surface area contributed by atoms with E-state index >= 15 is 0 Å². The minimum absolute atomic E-state index is 0.0923. The van der Waals surface area contributed by atoms with Crippen molar-refractivity contribution in [3.8, 4) is 0 Å². The molecule has 0 saturated carbocycles. The van der Waals surface area contributed by atoms with Gasteiger partial charge in [-0.3, -0.25) is 10.1 Å². The summed E-state index contributed by atoms with van der Waals surface area (Å²) in [6.07, 6.45) is 3.48. The quantitative estimate of drug-likeness (QED) is 0.397. The second-order valence-electron chi connectivity index (χ2n) is 7.62. The van der Waals surface area contributed by atoms with Gasteiger partial charge in [-0.1, -0.05) is 111 Å². The Morgan fingerprint density at radius 3 is 1.45 bits per heavy atom. The topological polar surface area (TPSA) is 29.1 Å². The summed E-state index contributed by atoms with van der Waals surface area (Å²) in [5.74, 6) is 0.226. The molecule has 0 aromatic heterocycles. The van der Waals surface area contributed by atoms with Crippen molar-refractivity contribution in [2.75, 3.05) is 0 Å². The van der Waals surface area contributed by atoms with E-state index in [1.165, 1.54) is 0 Å². The number of carbonyl (C=O) groups is 1. The Morgan fingerprint density at radius 2 is 1.14 bits per heavy atom. The number of benzene rings is 3. The van der Waals surface area contributed by atoms with Crippen LogP contribution in [-0.2, 0) is 10.3 Å². The van der Waals surface area contributed by atoms with E-state index in [9.17, 15) is 4.79 Å². The number of nitrogens with one attached hydrogen (secondary N) is 1. The van der Waals surface area contributed by atoms with Crippen LogP contribution in [0.25, 0.3) is 0 Å². The average molecular weight is 384 g/mol. The zero-order chi connectivity index (χ0) is 20.7. The summed E-state index contributed by atoms with van der Waals surface area (Å²) in [6, 6.07) is 30.8. The molecular weight excluding hydrogens is 354 g/mol. The lowest BCUT2D eigenvalue weighted by molar-refractivity contribution is -0.117. The Kier molecular flexibility index (Phi) is 6.79. The largest absolute Gasteiger partial charge is 0.293 e. The summed E-state index contributed by atoms with van der Waals surface area (Å²) in [7, 11) is 0. The van der Waals surface area contributed by atoms with Gasteiger partial charge in [-0.15, -0.1) is 0 Å². The molecule has 0 unspecified atom stereocenters. The van der Waals surface area contributed by atoms with Crippen molar-refractivity contribution >= 4 is 5.78 Å². The number of hydrogen-bond donors (Lipinski definition) is 1. The lowest BCUT2D eigenvalue weighted by Crippen LogP contribution is -2.54. The smallest absolute Gasteiger partial charge is 0.172 e. The molecule has 2 heteroatoms. The molecule has 3 rings (SSSR count). The van der Waals surface area contributed by atoms with Crippen LogP contribution < -0.4 is 5.32 Å². The van der Waals surface area contributed by atoms with Crippen LogP contribution in [0.3, 0.4) is 0 Å². The third kappa shape index (κ3) is 4.38. The van der Waals surface area contributed by atoms with Crippen LogP contribution in [0.15, 0.2) is 103 Å². The molecule has 0 bridgehead atoms. The number of carbonyl (C=O) groups excluding carboxylic acids is 1. The van der Waals surface area contributed by atoms with Crippen LogP contribution in [0.4, 0.5) is 0 Å². The maximum atomic E-state index is 13.0. The normalized spacial score (nSPS) is 13.0. The van der Waals surface area contributed by atoms with Crippen LogP contribution in [0.2, 0.25) is 0 Å². The highest BCUT2D eigenvalue weighted by Gasteiger charge is 2.40. The van der Waals surface area contributed by atoms with Crippen molar-refractivity contribution in [3.63, 3.8) is 0 Å². The zero-order valence-electron chi connectivity index (χ0n) is 17.4. The first-order valence-corrected chi connectivity index (χ1v) is 10.2. The first-order chi connectivity index (χ1) is 14.1. The molecule has 29 heavy (non-hydrogen) atoms. The van der Waals surface area contributed by atoms with Crippen molar-refractivity contribution in [2.24, 2.45) is 5.92 Å². The SMILES string of the molecule is C/C=C/C(=O)[C@@H](NC(c1ccccc1)(c1ccccc1)c1ccccc1)C(C)C. The van der Waals surface area contributed by atoms with Crippen LogP contribution in [0, 0.1) is 5.92 Å². The molecule has 0 aliphatic rings. The first kappa shape index (κ1) is 20.8. The van der Waals surface area contributed by atoms with Gasteiger partial charge < -0.3 is 0 Å². The fraction of sp³-hybridized carbons (Fsp3) is 0.222. The lowest BCUT2D eigenvalue weighted by atomic mass is 9.75. The second kappa shape index (κ2) is 9.49. The van der Waals surface area contributed by atoms with Gasteiger partial charge in [0.2, 0.25) is 0 Å². The summed E-state index contributed by atoms with van der Waals surface area (Å²) >= 11 is 0. The first-order valence-electron chi connectivity index (χ1n) is 10.2. The molecule has 0 amide bonds. The minimum Gasteiger partial charge on any atom is -0.293 e. The molecule has 3 aromatic rings. The molecule has 148 valence electrons. The summed E-state index contributed by atoms with van der Waals surface area (Å²) in [5.41, 5.74) is 2.68. The third-order valence-corrected chi connectivity index (χ3v) is 5.30. The van der Waals surface area contributed by atoms with E-state index in [0.717, 1.165) is 16.7 Å². The van der Waals surface area contributed by atoms with E-state index in [-0.39, 0.29) is 17.7 Å². The maximum Gasteiger partial charge on any atom is 0.172 e. The standard InChI is InChI=1S/C27H29NO/c1-4-14-25(29)26(21(2)3)28-27(22-15-8-5-9-16-22,23-17-10-6-11-18-23)24-19-12-7-13-20-24/h4-21,26,28H,1-3H3/b14-4+/t26-/m0/s1. The van der Waals surface area contributed by atoms with Crippen LogP contribution in [0.1, 0.15) is 37.5 Å². The van der Waals surface area contributed by atoms with Crippen LogP contribution in [0.5, 0.6) is 0 Å². The van der Waals surface area contributed by atoms with Gasteiger partial charge in [0.1, 0.15) is 0 Å². The van der Waals surface area contributed by atoms with Gasteiger partial charge in [-0.2, -0.15) is 0 Å². The highest BCUT2D eigenvalue weighted by molar-refractivity contribution is 5.94. The van der Waals surface area contributed by atoms with Crippen LogP contribution in [-0.4, -0.2) is 11.8 Å². The lowest BCUT2D eigenvalue weighted by Gasteiger charge is -2.40. The van der Waals surface area contributed by atoms with Crippen molar-refractivity contribution < 1.29 is 4.79 Å². The highest BCUT2D eigenvalue weighted by atomic mass is 16.1. The van der Waals surface area contributed by atoms with E-state index < -0.39 is 5.54 Å². The molecule has 0 aliphatic heterocycles. The second-order valence-corrected chi connectivity index (χ2v) is 7.62. The minimum atomic E-state index is -0.643. The number of rotatable bonds is 8. The van der Waals surface area contributed by atoms with Gasteiger partial charge >= 0.3 is 0 Å². The van der Waals surface area contributed by atoms with Crippen molar-refractivity contribution in [1.82, 2.24) is 5.32 Å². The molecule has 3 aromatic carbocycles. The molecule has 1 N–H and O–H groups in total. The summed E-state index contributed by atoms with van der Waals surface area (Å²) in [4.78, 5) is 13.0. The van der Waals surface area contributed by atoms with E-state index in [1.54, 1.807) is 6.08 Å². The van der Waals surface area contributed by atoms with E-state index in [2.05, 4.69) is 92.0 Å². The Balaban J connectivity index is 2.29. The van der Waals surface area contributed by atoms with Crippen LogP contribution >= 0.6 is 0 Å². The Labute approximate surface area is 174 Å². The molecule has 0 spiro atoms. The highest BCUT2D eigenvalue weighted by Crippen LogP contribution is 2.37. The van der Waals surface area contributed by atoms with Gasteiger partial charge in [0.25, 0.3) is 0 Å². The van der Waals surface area contributed by atoms with E-state index in [0.29, 0.717) is 0 Å². The number of hydrogen-bond acceptors (Lipinski definition) is 2. The van der Waals surface area contributed by atoms with Crippen molar-refractivity contribution in [2.45, 2.75) is 32.4 Å². The molecule has 0 radical (unpaired) electrons. The predicted octanol–water partition coefficient (Wildman–Crippen LogP) is 5.74. The summed E-state index contributed by atoms with van der Waals surface area (Å²) < 4.78 is 0. The molecule has 0 aliphatic carbocycles. The fourth-order valence-electron chi connectivity index (χ4n) is 3.88. The molecule has 1 atom stereocenters. The molecule has 0 heterocycles. The van der Waals surface area contributed by atoms with E-state index in [4.69, 9.17) is 0 Å². The van der Waals surface area contributed by atoms with E-state index in [1.807, 2.05) is 31.2 Å². The van der Waals surface area contributed by atoms with Gasteiger partial charge in [-0.05, 0) is 35.6 Å². The number of allylic oxidation sites excluding steroid dienone is 1. The average Bonchev–Trinajstić information content (AvgIpc) is 2.76. The number of ketones is 1. The Morgan fingerprint density at radius 1 is 0.759 bits per heavy atom. The zero-order valence-corrected chi connectivity index (χ0v) is 17.4. The Hall–Kier alpha value is -2.97. The molecular formula is C27H29NO.